The van der Waals surface area contributed by atoms with Crippen molar-refractivity contribution in [3.8, 4) is 23.0 Å². The minimum atomic E-state index is -3.23. The van der Waals surface area contributed by atoms with Gasteiger partial charge in [0.2, 0.25) is 15.9 Å². The Morgan fingerprint density at radius 1 is 1.21 bits per heavy atom. The van der Waals surface area contributed by atoms with E-state index in [0.29, 0.717) is 43.0 Å². The number of amides is 1. The summed E-state index contributed by atoms with van der Waals surface area (Å²) in [5.41, 5.74) is 0.567. The Morgan fingerprint density at radius 3 is 2.54 bits per heavy atom. The summed E-state index contributed by atoms with van der Waals surface area (Å²) >= 11 is 0. The van der Waals surface area contributed by atoms with Gasteiger partial charge in [0.05, 0.1) is 26.0 Å². The van der Waals surface area contributed by atoms with Crippen LogP contribution in [0, 0.1) is 5.92 Å². The maximum absolute atomic E-state index is 12.4. The molecular weight excluding hydrogens is 388 g/mol. The van der Waals surface area contributed by atoms with Gasteiger partial charge in [-0.2, -0.15) is 0 Å². The van der Waals surface area contributed by atoms with Gasteiger partial charge in [-0.1, -0.05) is 5.10 Å². The monoisotopic (exact) mass is 410 g/mol. The summed E-state index contributed by atoms with van der Waals surface area (Å²) in [6, 6.07) is 5.12. The lowest BCUT2D eigenvalue weighted by Gasteiger charge is -2.29. The Kier molecular flexibility index (Phi) is 5.84. The van der Waals surface area contributed by atoms with E-state index in [4.69, 9.17) is 13.9 Å². The van der Waals surface area contributed by atoms with Gasteiger partial charge < -0.3 is 13.9 Å². The topological polar surface area (TPSA) is 124 Å². The van der Waals surface area contributed by atoms with Crippen LogP contribution in [0.25, 0.3) is 11.5 Å². The van der Waals surface area contributed by atoms with Gasteiger partial charge in [-0.05, 0) is 25.0 Å². The van der Waals surface area contributed by atoms with E-state index in [1.807, 2.05) is 0 Å². The van der Waals surface area contributed by atoms with E-state index in [2.05, 4.69) is 15.5 Å². The van der Waals surface area contributed by atoms with Crippen LogP contribution >= 0.6 is 0 Å². The summed E-state index contributed by atoms with van der Waals surface area (Å²) in [6.07, 6.45) is 2.04. The van der Waals surface area contributed by atoms with Gasteiger partial charge in [-0.25, -0.2) is 12.7 Å². The predicted molar refractivity (Wildman–Crippen MR) is 101 cm³/mol. The maximum Gasteiger partial charge on any atom is 0.322 e. The highest BCUT2D eigenvalue weighted by Crippen LogP contribution is 2.33. The van der Waals surface area contributed by atoms with Crippen molar-refractivity contribution in [1.82, 2.24) is 14.5 Å². The summed E-state index contributed by atoms with van der Waals surface area (Å²) in [5.74, 6) is 0.721. The number of ether oxygens (including phenoxy) is 2. The molecule has 1 saturated heterocycles. The molecule has 0 unspecified atom stereocenters. The average Bonchev–Trinajstić information content (AvgIpc) is 3.15. The highest BCUT2D eigenvalue weighted by atomic mass is 32.2. The van der Waals surface area contributed by atoms with Crippen LogP contribution in [0.3, 0.4) is 0 Å². The Hall–Kier alpha value is -2.66. The largest absolute Gasteiger partial charge is 0.497 e. The summed E-state index contributed by atoms with van der Waals surface area (Å²) in [5, 5.41) is 10.4. The van der Waals surface area contributed by atoms with Gasteiger partial charge in [-0.15, -0.1) is 5.10 Å². The molecule has 2 heterocycles. The van der Waals surface area contributed by atoms with Gasteiger partial charge in [0.15, 0.2) is 0 Å². The van der Waals surface area contributed by atoms with Crippen molar-refractivity contribution < 1.29 is 27.1 Å². The van der Waals surface area contributed by atoms with Crippen molar-refractivity contribution in [3.05, 3.63) is 18.2 Å². The first-order chi connectivity index (χ1) is 13.3. The lowest BCUT2D eigenvalue weighted by molar-refractivity contribution is -0.121. The summed E-state index contributed by atoms with van der Waals surface area (Å²) in [6.45, 7) is 0.629. The van der Waals surface area contributed by atoms with Crippen molar-refractivity contribution in [2.75, 3.05) is 38.9 Å². The summed E-state index contributed by atoms with van der Waals surface area (Å²) < 4.78 is 40.5. The van der Waals surface area contributed by atoms with E-state index in [1.165, 1.54) is 17.7 Å². The molecule has 1 aliphatic rings. The van der Waals surface area contributed by atoms with E-state index in [9.17, 15) is 13.2 Å². The molecule has 1 amide bonds. The van der Waals surface area contributed by atoms with Crippen molar-refractivity contribution >= 4 is 21.9 Å². The third kappa shape index (κ3) is 4.42. The van der Waals surface area contributed by atoms with E-state index >= 15 is 0 Å². The molecule has 0 saturated carbocycles. The first kappa shape index (κ1) is 20.1. The van der Waals surface area contributed by atoms with Gasteiger partial charge in [-0.3, -0.25) is 10.1 Å². The smallest absolute Gasteiger partial charge is 0.322 e. The third-order valence-electron chi connectivity index (χ3n) is 4.59. The number of carbonyl (C=O) groups excluding carboxylic acids is 1. The number of rotatable bonds is 6. The van der Waals surface area contributed by atoms with E-state index in [0.717, 1.165) is 0 Å². The minimum Gasteiger partial charge on any atom is -0.497 e. The molecule has 0 atom stereocenters. The number of piperidine rings is 1. The molecule has 10 nitrogen and oxygen atoms in total. The molecule has 1 N–H and O–H groups in total. The third-order valence-corrected chi connectivity index (χ3v) is 5.89. The molecule has 0 radical (unpaired) electrons. The standard InChI is InChI=1S/C17H22N4O6S/c1-25-12-4-5-13(14(10-12)26-2)16-19-20-17(27-16)18-15(22)11-6-8-21(9-7-11)28(3,23)24/h4-5,10-11H,6-9H2,1-3H3,(H,18,20,22). The van der Waals surface area contributed by atoms with Crippen LogP contribution in [0.2, 0.25) is 0 Å². The number of hydrogen-bond donors (Lipinski definition) is 1. The second kappa shape index (κ2) is 8.15. The molecule has 0 aliphatic carbocycles. The lowest BCUT2D eigenvalue weighted by atomic mass is 9.97. The fourth-order valence-electron chi connectivity index (χ4n) is 3.01. The Bertz CT molecular complexity index is 950. The van der Waals surface area contributed by atoms with Gasteiger partial charge in [0.1, 0.15) is 11.5 Å². The van der Waals surface area contributed by atoms with Crippen molar-refractivity contribution in [1.29, 1.82) is 0 Å². The van der Waals surface area contributed by atoms with Crippen molar-refractivity contribution in [2.45, 2.75) is 12.8 Å². The molecule has 2 aromatic rings. The Labute approximate surface area is 162 Å². The zero-order valence-corrected chi connectivity index (χ0v) is 16.7. The second-order valence-electron chi connectivity index (χ2n) is 6.40. The molecule has 0 spiro atoms. The number of hydrogen-bond acceptors (Lipinski definition) is 8. The zero-order valence-electron chi connectivity index (χ0n) is 15.8. The predicted octanol–water partition coefficient (Wildman–Crippen LogP) is 1.36. The van der Waals surface area contributed by atoms with Crippen LogP contribution in [0.5, 0.6) is 11.5 Å². The number of aromatic nitrogens is 2. The number of anilines is 1. The average molecular weight is 410 g/mol. The molecular formula is C17H22N4O6S. The van der Waals surface area contributed by atoms with E-state index < -0.39 is 10.0 Å². The number of carbonyl (C=O) groups is 1. The second-order valence-corrected chi connectivity index (χ2v) is 8.39. The van der Waals surface area contributed by atoms with Crippen LogP contribution in [-0.4, -0.2) is 62.4 Å². The maximum atomic E-state index is 12.4. The molecule has 1 aliphatic heterocycles. The molecule has 1 aromatic heterocycles. The van der Waals surface area contributed by atoms with E-state index in [-0.39, 0.29) is 23.7 Å². The molecule has 11 heteroatoms. The van der Waals surface area contributed by atoms with Crippen LogP contribution in [0.1, 0.15) is 12.8 Å². The zero-order chi connectivity index (χ0) is 20.3. The first-order valence-electron chi connectivity index (χ1n) is 8.63. The molecule has 1 fully saturated rings. The van der Waals surface area contributed by atoms with Crippen LogP contribution in [0.4, 0.5) is 6.01 Å². The van der Waals surface area contributed by atoms with Crippen molar-refractivity contribution in [3.63, 3.8) is 0 Å². The summed E-state index contributed by atoms with van der Waals surface area (Å²) in [4.78, 5) is 12.4. The SMILES string of the molecule is COc1ccc(-c2nnc(NC(=O)C3CCN(S(C)(=O)=O)CC3)o2)c(OC)c1. The fourth-order valence-corrected chi connectivity index (χ4v) is 3.89. The number of benzene rings is 1. The number of nitrogens with zero attached hydrogens (tertiary/aromatic N) is 3. The molecule has 1 aromatic carbocycles. The first-order valence-corrected chi connectivity index (χ1v) is 10.5. The summed E-state index contributed by atoms with van der Waals surface area (Å²) in [7, 11) is -0.168. The minimum absolute atomic E-state index is 0.0246. The highest BCUT2D eigenvalue weighted by Gasteiger charge is 2.29. The van der Waals surface area contributed by atoms with Crippen LogP contribution in [-0.2, 0) is 14.8 Å². The fraction of sp³-hybridized carbons (Fsp3) is 0.471. The van der Waals surface area contributed by atoms with Gasteiger partial charge >= 0.3 is 6.01 Å². The molecule has 3 rings (SSSR count). The van der Waals surface area contributed by atoms with Crippen molar-refractivity contribution in [2.24, 2.45) is 5.92 Å². The number of sulfonamides is 1. The lowest BCUT2D eigenvalue weighted by Crippen LogP contribution is -2.40. The van der Waals surface area contributed by atoms with Crippen LogP contribution in [0.15, 0.2) is 22.6 Å². The normalized spacial score (nSPS) is 16.0. The Balaban J connectivity index is 1.66. The highest BCUT2D eigenvalue weighted by molar-refractivity contribution is 7.88. The van der Waals surface area contributed by atoms with Crippen LogP contribution < -0.4 is 14.8 Å². The molecule has 0 bridgehead atoms. The molecule has 152 valence electrons. The quantitative estimate of drug-likeness (QED) is 0.757. The van der Waals surface area contributed by atoms with Gasteiger partial charge in [0.25, 0.3) is 5.89 Å². The van der Waals surface area contributed by atoms with E-state index in [1.54, 1.807) is 25.3 Å². The number of nitrogens with one attached hydrogen (secondary N) is 1. The van der Waals surface area contributed by atoms with Gasteiger partial charge in [0, 0.05) is 25.1 Å². The Morgan fingerprint density at radius 2 is 1.93 bits per heavy atom. The number of methoxy groups -OCH3 is 2. The molecule has 28 heavy (non-hydrogen) atoms.